The molecule has 1 aliphatic heterocycles. The van der Waals surface area contributed by atoms with Crippen molar-refractivity contribution in [3.63, 3.8) is 0 Å². The maximum atomic E-state index is 10.3. The van der Waals surface area contributed by atoms with E-state index in [2.05, 4.69) is 32.6 Å². The topological polar surface area (TPSA) is 32.7 Å². The van der Waals surface area contributed by atoms with Crippen LogP contribution in [0.3, 0.4) is 0 Å². The van der Waals surface area contributed by atoms with Gasteiger partial charge in [-0.25, -0.2) is 0 Å². The van der Waals surface area contributed by atoms with Crippen LogP contribution < -0.4 is 0 Å². The normalized spacial score (nSPS) is 29.4. The number of morpholine rings is 1. The highest BCUT2D eigenvalue weighted by molar-refractivity contribution is 4.83. The number of hydrogen-bond acceptors (Lipinski definition) is 3. The zero-order valence-corrected chi connectivity index (χ0v) is 10.5. The van der Waals surface area contributed by atoms with Crippen LogP contribution in [0, 0.1) is 0 Å². The largest absolute Gasteiger partial charge is 0.389 e. The maximum absolute atomic E-state index is 10.3. The predicted molar refractivity (Wildman–Crippen MR) is 62.0 cm³/mol. The highest BCUT2D eigenvalue weighted by Gasteiger charge is 2.29. The molecule has 0 aromatic heterocycles. The van der Waals surface area contributed by atoms with Gasteiger partial charge in [0.05, 0.1) is 17.8 Å². The molecule has 3 heteroatoms. The van der Waals surface area contributed by atoms with Gasteiger partial charge in [0.15, 0.2) is 0 Å². The Balaban J connectivity index is 2.49. The van der Waals surface area contributed by atoms with Gasteiger partial charge in [-0.05, 0) is 26.7 Å². The zero-order valence-electron chi connectivity index (χ0n) is 10.5. The van der Waals surface area contributed by atoms with Crippen LogP contribution in [-0.4, -0.2) is 47.4 Å². The summed E-state index contributed by atoms with van der Waals surface area (Å²) in [6, 6.07) is 0. The molecular weight excluding hydrogens is 190 g/mol. The van der Waals surface area contributed by atoms with E-state index < -0.39 is 5.60 Å². The van der Waals surface area contributed by atoms with Crippen molar-refractivity contribution >= 4 is 0 Å². The Kier molecular flexibility index (Phi) is 4.56. The second-order valence-corrected chi connectivity index (χ2v) is 4.88. The number of aliphatic hydroxyl groups is 1. The molecule has 15 heavy (non-hydrogen) atoms. The third kappa shape index (κ3) is 3.74. The summed E-state index contributed by atoms with van der Waals surface area (Å²) in [4.78, 5) is 2.33. The second kappa shape index (κ2) is 5.28. The summed E-state index contributed by atoms with van der Waals surface area (Å²) in [5, 5.41) is 10.3. The van der Waals surface area contributed by atoms with Gasteiger partial charge < -0.3 is 9.84 Å². The van der Waals surface area contributed by atoms with E-state index in [1.807, 2.05) is 0 Å². The smallest absolute Gasteiger partial charge is 0.0768 e. The van der Waals surface area contributed by atoms with E-state index in [1.54, 1.807) is 0 Å². The van der Waals surface area contributed by atoms with E-state index >= 15 is 0 Å². The van der Waals surface area contributed by atoms with Gasteiger partial charge in [-0.2, -0.15) is 0 Å². The molecule has 3 nitrogen and oxygen atoms in total. The van der Waals surface area contributed by atoms with Crippen molar-refractivity contribution in [2.24, 2.45) is 0 Å². The van der Waals surface area contributed by atoms with Gasteiger partial charge in [0.25, 0.3) is 0 Å². The summed E-state index contributed by atoms with van der Waals surface area (Å²) in [7, 11) is 0. The van der Waals surface area contributed by atoms with Crippen molar-refractivity contribution in [2.75, 3.05) is 19.6 Å². The Morgan fingerprint density at radius 2 is 1.67 bits per heavy atom. The average molecular weight is 215 g/mol. The zero-order chi connectivity index (χ0) is 11.5. The van der Waals surface area contributed by atoms with Crippen LogP contribution in [0.4, 0.5) is 0 Å². The molecule has 1 saturated heterocycles. The molecule has 0 saturated carbocycles. The minimum absolute atomic E-state index is 0.284. The minimum Gasteiger partial charge on any atom is -0.389 e. The quantitative estimate of drug-likeness (QED) is 0.774. The number of β-amino-alcohol motifs (C(OH)–C–C–N with tert-alkyl or cyclic N) is 1. The van der Waals surface area contributed by atoms with E-state index in [0.717, 1.165) is 32.5 Å². The predicted octanol–water partition coefficient (Wildman–Crippen LogP) is 1.65. The summed E-state index contributed by atoms with van der Waals surface area (Å²) in [6.07, 6.45) is 2.21. The molecular formula is C12H25NO2. The number of ether oxygens (including phenoxy) is 1. The minimum atomic E-state index is -0.517. The summed E-state index contributed by atoms with van der Waals surface area (Å²) < 4.78 is 5.67. The Morgan fingerprint density at radius 3 is 2.07 bits per heavy atom. The molecule has 1 N–H and O–H groups in total. The number of rotatable bonds is 4. The SMILES string of the molecule is CCC(O)(CC)CN1CC(C)OC(C)C1. The Morgan fingerprint density at radius 1 is 1.20 bits per heavy atom. The fraction of sp³-hybridized carbons (Fsp3) is 1.00. The van der Waals surface area contributed by atoms with Gasteiger partial charge in [0.1, 0.15) is 0 Å². The van der Waals surface area contributed by atoms with Crippen molar-refractivity contribution in [3.8, 4) is 0 Å². The molecule has 2 atom stereocenters. The van der Waals surface area contributed by atoms with Crippen LogP contribution in [0.15, 0.2) is 0 Å². The van der Waals surface area contributed by atoms with Crippen LogP contribution in [-0.2, 0) is 4.74 Å². The summed E-state index contributed by atoms with van der Waals surface area (Å²) in [5.41, 5.74) is -0.517. The van der Waals surface area contributed by atoms with E-state index in [0.29, 0.717) is 0 Å². The molecule has 1 aliphatic rings. The first-order valence-electron chi connectivity index (χ1n) is 6.09. The maximum Gasteiger partial charge on any atom is 0.0768 e. The van der Waals surface area contributed by atoms with E-state index in [1.165, 1.54) is 0 Å². The van der Waals surface area contributed by atoms with Crippen LogP contribution in [0.25, 0.3) is 0 Å². The first-order valence-corrected chi connectivity index (χ1v) is 6.09. The summed E-state index contributed by atoms with van der Waals surface area (Å²) in [6.45, 7) is 10.9. The Labute approximate surface area is 93.4 Å². The van der Waals surface area contributed by atoms with Crippen molar-refractivity contribution < 1.29 is 9.84 Å². The Bertz CT molecular complexity index is 182. The molecule has 0 bridgehead atoms. The molecule has 1 heterocycles. The molecule has 0 aromatic carbocycles. The van der Waals surface area contributed by atoms with E-state index in [4.69, 9.17) is 4.74 Å². The highest BCUT2D eigenvalue weighted by Crippen LogP contribution is 2.19. The van der Waals surface area contributed by atoms with E-state index in [-0.39, 0.29) is 12.2 Å². The highest BCUT2D eigenvalue weighted by atomic mass is 16.5. The first kappa shape index (κ1) is 12.9. The van der Waals surface area contributed by atoms with Crippen molar-refractivity contribution in [2.45, 2.75) is 58.3 Å². The lowest BCUT2D eigenvalue weighted by atomic mass is 9.96. The van der Waals surface area contributed by atoms with Gasteiger partial charge in [-0.3, -0.25) is 4.90 Å². The standard InChI is InChI=1S/C12H25NO2/c1-5-12(14,6-2)9-13-7-10(3)15-11(4)8-13/h10-11,14H,5-9H2,1-4H3. The van der Waals surface area contributed by atoms with Crippen LogP contribution in [0.1, 0.15) is 40.5 Å². The molecule has 0 aliphatic carbocycles. The summed E-state index contributed by atoms with van der Waals surface area (Å²) >= 11 is 0. The third-order valence-electron chi connectivity index (χ3n) is 3.33. The van der Waals surface area contributed by atoms with Gasteiger partial charge in [-0.1, -0.05) is 13.8 Å². The lowest BCUT2D eigenvalue weighted by molar-refractivity contribution is -0.0934. The first-order chi connectivity index (χ1) is 6.99. The molecule has 0 radical (unpaired) electrons. The van der Waals surface area contributed by atoms with Crippen LogP contribution in [0.5, 0.6) is 0 Å². The van der Waals surface area contributed by atoms with Crippen molar-refractivity contribution in [1.82, 2.24) is 4.90 Å². The molecule has 2 unspecified atom stereocenters. The summed E-state index contributed by atoms with van der Waals surface area (Å²) in [5.74, 6) is 0. The monoisotopic (exact) mass is 215 g/mol. The fourth-order valence-electron chi connectivity index (χ4n) is 2.30. The molecule has 90 valence electrons. The molecule has 1 fully saturated rings. The van der Waals surface area contributed by atoms with Crippen molar-refractivity contribution in [3.05, 3.63) is 0 Å². The van der Waals surface area contributed by atoms with E-state index in [9.17, 15) is 5.11 Å². The molecule has 0 amide bonds. The average Bonchev–Trinajstić information content (AvgIpc) is 2.16. The molecule has 0 aromatic rings. The van der Waals surface area contributed by atoms with Gasteiger partial charge in [-0.15, -0.1) is 0 Å². The third-order valence-corrected chi connectivity index (χ3v) is 3.33. The number of nitrogens with zero attached hydrogens (tertiary/aromatic N) is 1. The number of hydrogen-bond donors (Lipinski definition) is 1. The molecule has 0 spiro atoms. The van der Waals surface area contributed by atoms with Gasteiger partial charge in [0.2, 0.25) is 0 Å². The second-order valence-electron chi connectivity index (χ2n) is 4.88. The fourth-order valence-corrected chi connectivity index (χ4v) is 2.30. The van der Waals surface area contributed by atoms with Crippen LogP contribution in [0.2, 0.25) is 0 Å². The lowest BCUT2D eigenvalue weighted by Gasteiger charge is -2.39. The Hall–Kier alpha value is -0.120. The van der Waals surface area contributed by atoms with Gasteiger partial charge >= 0.3 is 0 Å². The van der Waals surface area contributed by atoms with Gasteiger partial charge in [0, 0.05) is 19.6 Å². The lowest BCUT2D eigenvalue weighted by Crippen LogP contribution is -2.51. The van der Waals surface area contributed by atoms with Crippen LogP contribution >= 0.6 is 0 Å². The van der Waals surface area contributed by atoms with Crippen molar-refractivity contribution in [1.29, 1.82) is 0 Å². The molecule has 1 rings (SSSR count).